The molecule has 0 spiro atoms. The number of methoxy groups -OCH3 is 1. The molecule has 2 unspecified atom stereocenters. The Morgan fingerprint density at radius 1 is 1.43 bits per heavy atom. The van der Waals surface area contributed by atoms with Gasteiger partial charge in [0.1, 0.15) is 0 Å². The lowest BCUT2D eigenvalue weighted by Gasteiger charge is -2.16. The van der Waals surface area contributed by atoms with E-state index in [1.54, 1.807) is 14.0 Å². The molecule has 0 saturated heterocycles. The van der Waals surface area contributed by atoms with Crippen LogP contribution in [-0.4, -0.2) is 19.0 Å². The zero-order valence-corrected chi connectivity index (χ0v) is 9.96. The molecule has 2 atom stereocenters. The van der Waals surface area contributed by atoms with Crippen molar-refractivity contribution in [1.29, 1.82) is 0 Å². The summed E-state index contributed by atoms with van der Waals surface area (Å²) in [4.78, 5) is 11.0. The molecule has 0 heterocycles. The summed E-state index contributed by atoms with van der Waals surface area (Å²) >= 11 is 0. The van der Waals surface area contributed by atoms with Gasteiger partial charge < -0.3 is 4.74 Å². The highest BCUT2D eigenvalue weighted by atomic mass is 16.5. The van der Waals surface area contributed by atoms with E-state index in [1.165, 1.54) is 0 Å². The highest BCUT2D eigenvalue weighted by Crippen LogP contribution is 2.14. The molecular formula is C12H22O2. The third-order valence-electron chi connectivity index (χ3n) is 2.63. The average molecular weight is 198 g/mol. The predicted octanol–water partition coefficient (Wildman–Crippen LogP) is 2.97. The lowest BCUT2D eigenvalue weighted by atomic mass is 9.99. The number of carbonyl (C=O) groups excluding carboxylic acids is 1. The van der Waals surface area contributed by atoms with Crippen LogP contribution in [0.25, 0.3) is 0 Å². The number of allylic oxidation sites excluding steroid dienone is 1. The number of carbonyl (C=O) groups is 1. The molecule has 0 fully saturated rings. The van der Waals surface area contributed by atoms with Gasteiger partial charge in [0.15, 0.2) is 5.78 Å². The van der Waals surface area contributed by atoms with Gasteiger partial charge in [-0.15, -0.1) is 0 Å². The van der Waals surface area contributed by atoms with Crippen LogP contribution < -0.4 is 0 Å². The van der Waals surface area contributed by atoms with Gasteiger partial charge >= 0.3 is 0 Å². The maximum atomic E-state index is 11.0. The van der Waals surface area contributed by atoms with Crippen molar-refractivity contribution in [3.8, 4) is 0 Å². The summed E-state index contributed by atoms with van der Waals surface area (Å²) in [6, 6.07) is 0. The molecule has 0 aromatic rings. The molecule has 82 valence electrons. The first-order valence-electron chi connectivity index (χ1n) is 5.23. The number of ketones is 1. The smallest absolute Gasteiger partial charge is 0.155 e. The van der Waals surface area contributed by atoms with Gasteiger partial charge in [0.2, 0.25) is 0 Å². The molecule has 0 bridgehead atoms. The lowest BCUT2D eigenvalue weighted by Crippen LogP contribution is -2.13. The molecule has 0 radical (unpaired) electrons. The van der Waals surface area contributed by atoms with Gasteiger partial charge in [-0.1, -0.05) is 20.3 Å². The van der Waals surface area contributed by atoms with Crippen LogP contribution in [0.2, 0.25) is 0 Å². The van der Waals surface area contributed by atoms with Gasteiger partial charge in [-0.2, -0.15) is 0 Å². The topological polar surface area (TPSA) is 26.3 Å². The Hall–Kier alpha value is -0.630. The SMILES string of the molecule is CCC(C)CC(/C=C(\C)C(C)=O)OC. The van der Waals surface area contributed by atoms with Crippen molar-refractivity contribution in [3.05, 3.63) is 11.6 Å². The third kappa shape index (κ3) is 5.18. The Bertz CT molecular complexity index is 206. The van der Waals surface area contributed by atoms with Crippen LogP contribution in [0.1, 0.15) is 40.5 Å². The second-order valence-corrected chi connectivity index (χ2v) is 3.93. The highest BCUT2D eigenvalue weighted by molar-refractivity contribution is 5.92. The molecule has 0 aromatic heterocycles. The maximum absolute atomic E-state index is 11.0. The first kappa shape index (κ1) is 13.4. The Morgan fingerprint density at radius 2 is 2.00 bits per heavy atom. The number of Topliss-reactive ketones (excluding diaryl/α,β-unsaturated/α-hetero) is 1. The van der Waals surface area contributed by atoms with Gasteiger partial charge in [0.25, 0.3) is 0 Å². The molecule has 0 aromatic carbocycles. The third-order valence-corrected chi connectivity index (χ3v) is 2.63. The molecule has 2 heteroatoms. The fourth-order valence-electron chi connectivity index (χ4n) is 1.19. The van der Waals surface area contributed by atoms with Gasteiger partial charge in [0, 0.05) is 7.11 Å². The first-order valence-corrected chi connectivity index (χ1v) is 5.23. The Morgan fingerprint density at radius 3 is 2.36 bits per heavy atom. The molecule has 0 aliphatic rings. The standard InChI is InChI=1S/C12H22O2/c1-6-9(2)7-12(14-5)8-10(3)11(4)13/h8-9,12H,6-7H2,1-5H3/b10-8+. The van der Waals surface area contributed by atoms with E-state index in [0.717, 1.165) is 18.4 Å². The molecule has 0 aliphatic carbocycles. The predicted molar refractivity (Wildman–Crippen MR) is 59.3 cm³/mol. The van der Waals surface area contributed by atoms with E-state index < -0.39 is 0 Å². The summed E-state index contributed by atoms with van der Waals surface area (Å²) in [6.07, 6.45) is 4.13. The van der Waals surface area contributed by atoms with Crippen LogP contribution >= 0.6 is 0 Å². The quantitative estimate of drug-likeness (QED) is 0.613. The Labute approximate surface area is 87.3 Å². The molecule has 0 amide bonds. The second-order valence-electron chi connectivity index (χ2n) is 3.93. The minimum absolute atomic E-state index is 0.0776. The molecule has 0 rings (SSSR count). The van der Waals surface area contributed by atoms with Crippen LogP contribution in [0, 0.1) is 5.92 Å². The molecule has 2 nitrogen and oxygen atoms in total. The van der Waals surface area contributed by atoms with E-state index in [0.29, 0.717) is 5.92 Å². The summed E-state index contributed by atoms with van der Waals surface area (Å²) in [7, 11) is 1.69. The molecule has 14 heavy (non-hydrogen) atoms. The minimum atomic E-state index is 0.0776. The van der Waals surface area contributed by atoms with Crippen LogP contribution in [0.4, 0.5) is 0 Å². The first-order chi connectivity index (χ1) is 6.51. The van der Waals surface area contributed by atoms with Crippen LogP contribution in [0.3, 0.4) is 0 Å². The average Bonchev–Trinajstić information content (AvgIpc) is 2.16. The van der Waals surface area contributed by atoms with Crippen molar-refractivity contribution >= 4 is 5.78 Å². The molecular weight excluding hydrogens is 176 g/mol. The van der Waals surface area contributed by atoms with Crippen molar-refractivity contribution in [2.45, 2.75) is 46.6 Å². The highest BCUT2D eigenvalue weighted by Gasteiger charge is 2.10. The zero-order valence-electron chi connectivity index (χ0n) is 9.96. The van der Waals surface area contributed by atoms with E-state index in [2.05, 4.69) is 13.8 Å². The van der Waals surface area contributed by atoms with E-state index >= 15 is 0 Å². The molecule has 0 aliphatic heterocycles. The van der Waals surface area contributed by atoms with E-state index in [1.807, 2.05) is 13.0 Å². The van der Waals surface area contributed by atoms with E-state index in [-0.39, 0.29) is 11.9 Å². The minimum Gasteiger partial charge on any atom is -0.377 e. The summed E-state index contributed by atoms with van der Waals surface area (Å²) < 4.78 is 5.32. The zero-order chi connectivity index (χ0) is 11.1. The lowest BCUT2D eigenvalue weighted by molar-refractivity contribution is -0.113. The van der Waals surface area contributed by atoms with Crippen LogP contribution in [0.5, 0.6) is 0 Å². The Balaban J connectivity index is 4.28. The summed E-state index contributed by atoms with van der Waals surface area (Å²) in [5.74, 6) is 0.757. The summed E-state index contributed by atoms with van der Waals surface area (Å²) in [6.45, 7) is 7.79. The van der Waals surface area contributed by atoms with Crippen molar-refractivity contribution < 1.29 is 9.53 Å². The monoisotopic (exact) mass is 198 g/mol. The van der Waals surface area contributed by atoms with E-state index in [4.69, 9.17) is 4.74 Å². The maximum Gasteiger partial charge on any atom is 0.155 e. The second kappa shape index (κ2) is 6.77. The normalized spacial score (nSPS) is 16.5. The van der Waals surface area contributed by atoms with Gasteiger partial charge in [-0.3, -0.25) is 4.79 Å². The van der Waals surface area contributed by atoms with Crippen molar-refractivity contribution in [2.24, 2.45) is 5.92 Å². The van der Waals surface area contributed by atoms with Crippen LogP contribution in [0.15, 0.2) is 11.6 Å². The molecule has 0 saturated carbocycles. The largest absolute Gasteiger partial charge is 0.377 e. The van der Waals surface area contributed by atoms with Crippen molar-refractivity contribution in [1.82, 2.24) is 0 Å². The number of rotatable bonds is 6. The van der Waals surface area contributed by atoms with Gasteiger partial charge in [-0.05, 0) is 37.8 Å². The van der Waals surface area contributed by atoms with Crippen molar-refractivity contribution in [3.63, 3.8) is 0 Å². The summed E-state index contributed by atoms with van der Waals surface area (Å²) in [5.41, 5.74) is 0.792. The number of hydrogen-bond donors (Lipinski definition) is 0. The fourth-order valence-corrected chi connectivity index (χ4v) is 1.19. The molecule has 0 N–H and O–H groups in total. The number of ether oxygens (including phenoxy) is 1. The van der Waals surface area contributed by atoms with Crippen LogP contribution in [-0.2, 0) is 9.53 Å². The van der Waals surface area contributed by atoms with Crippen molar-refractivity contribution in [2.75, 3.05) is 7.11 Å². The Kier molecular flexibility index (Phi) is 6.46. The van der Waals surface area contributed by atoms with E-state index in [9.17, 15) is 4.79 Å². The van der Waals surface area contributed by atoms with Gasteiger partial charge in [-0.25, -0.2) is 0 Å². The van der Waals surface area contributed by atoms with Gasteiger partial charge in [0.05, 0.1) is 6.10 Å². The summed E-state index contributed by atoms with van der Waals surface area (Å²) in [5, 5.41) is 0. The number of hydrogen-bond acceptors (Lipinski definition) is 2. The fraction of sp³-hybridized carbons (Fsp3) is 0.750.